The highest BCUT2D eigenvalue weighted by Crippen LogP contribution is 2.44. The minimum absolute atomic E-state index is 0.158. The number of esters is 1. The van der Waals surface area contributed by atoms with Gasteiger partial charge < -0.3 is 9.64 Å². The second-order valence-corrected chi connectivity index (χ2v) is 7.08. The number of piperidine rings is 1. The van der Waals surface area contributed by atoms with Crippen molar-refractivity contribution in [1.82, 2.24) is 19.9 Å². The Morgan fingerprint density at radius 3 is 2.50 bits per heavy atom. The number of rotatable bonds is 2. The molecule has 0 radical (unpaired) electrons. The molecule has 28 heavy (non-hydrogen) atoms. The molecule has 1 aromatic heterocycles. The lowest BCUT2D eigenvalue weighted by Crippen LogP contribution is -2.45. The fraction of sp³-hybridized carbons (Fsp3) is 0.238. The molecule has 7 heteroatoms. The molecule has 2 aliphatic rings. The van der Waals surface area contributed by atoms with E-state index < -0.39 is 5.60 Å². The number of para-hydroxylation sites is 1. The lowest BCUT2D eigenvalue weighted by atomic mass is 9.84. The zero-order valence-electron chi connectivity index (χ0n) is 15.1. The average molecular weight is 374 g/mol. The van der Waals surface area contributed by atoms with Gasteiger partial charge in [0.2, 0.25) is 0 Å². The molecule has 5 rings (SSSR count). The van der Waals surface area contributed by atoms with Crippen molar-refractivity contribution in [2.45, 2.75) is 18.4 Å². The molecule has 2 aromatic carbocycles. The number of fused-ring (bicyclic) bond motifs is 2. The summed E-state index contributed by atoms with van der Waals surface area (Å²) in [5.74, 6) is -0.434. The van der Waals surface area contributed by atoms with E-state index in [2.05, 4.69) is 10.2 Å². The summed E-state index contributed by atoms with van der Waals surface area (Å²) in [5, 5.41) is 8.52. The van der Waals surface area contributed by atoms with Crippen molar-refractivity contribution in [3.63, 3.8) is 0 Å². The molecule has 0 unspecified atom stereocenters. The number of amides is 1. The van der Waals surface area contributed by atoms with Gasteiger partial charge in [-0.1, -0.05) is 36.4 Å². The van der Waals surface area contributed by atoms with Gasteiger partial charge in [-0.05, 0) is 18.2 Å². The van der Waals surface area contributed by atoms with Crippen LogP contribution in [0.15, 0.2) is 60.8 Å². The molecule has 1 spiro atoms. The summed E-state index contributed by atoms with van der Waals surface area (Å²) in [7, 11) is 0. The highest BCUT2D eigenvalue weighted by molar-refractivity contribution is 5.95. The predicted molar refractivity (Wildman–Crippen MR) is 100 cm³/mol. The fourth-order valence-corrected chi connectivity index (χ4v) is 4.00. The number of hydrogen-bond acceptors (Lipinski definition) is 5. The molecule has 7 nitrogen and oxygen atoms in total. The van der Waals surface area contributed by atoms with E-state index in [0.717, 1.165) is 11.3 Å². The van der Waals surface area contributed by atoms with E-state index in [1.54, 1.807) is 11.0 Å². The topological polar surface area (TPSA) is 77.3 Å². The van der Waals surface area contributed by atoms with Gasteiger partial charge in [0.15, 0.2) is 5.69 Å². The Hall–Kier alpha value is -3.48. The van der Waals surface area contributed by atoms with Crippen molar-refractivity contribution in [2.75, 3.05) is 13.1 Å². The summed E-state index contributed by atoms with van der Waals surface area (Å²) in [5.41, 5.74) is 2.05. The molecular weight excluding hydrogens is 356 g/mol. The fourth-order valence-electron chi connectivity index (χ4n) is 4.00. The van der Waals surface area contributed by atoms with Gasteiger partial charge in [-0.2, -0.15) is 9.90 Å². The van der Waals surface area contributed by atoms with Gasteiger partial charge in [-0.15, -0.1) is 5.10 Å². The maximum Gasteiger partial charge on any atom is 0.339 e. The highest BCUT2D eigenvalue weighted by atomic mass is 16.6. The first kappa shape index (κ1) is 16.7. The first-order chi connectivity index (χ1) is 13.7. The summed E-state index contributed by atoms with van der Waals surface area (Å²) in [4.78, 5) is 28.3. The van der Waals surface area contributed by atoms with Crippen molar-refractivity contribution < 1.29 is 14.3 Å². The van der Waals surface area contributed by atoms with Gasteiger partial charge in [0.05, 0.1) is 17.4 Å². The number of nitrogens with zero attached hydrogens (tertiary/aromatic N) is 4. The number of carbonyl (C=O) groups excluding carboxylic acids is 2. The van der Waals surface area contributed by atoms with Crippen LogP contribution in [0.1, 0.15) is 39.3 Å². The summed E-state index contributed by atoms with van der Waals surface area (Å²) in [6.07, 6.45) is 2.65. The number of carbonyl (C=O) groups is 2. The third-order valence-corrected chi connectivity index (χ3v) is 5.48. The molecule has 2 aliphatic heterocycles. The van der Waals surface area contributed by atoms with Crippen molar-refractivity contribution in [3.05, 3.63) is 77.6 Å². The summed E-state index contributed by atoms with van der Waals surface area (Å²) >= 11 is 0. The highest BCUT2D eigenvalue weighted by Gasteiger charge is 2.47. The van der Waals surface area contributed by atoms with Gasteiger partial charge in [0.1, 0.15) is 5.60 Å². The van der Waals surface area contributed by atoms with Crippen molar-refractivity contribution in [3.8, 4) is 5.69 Å². The van der Waals surface area contributed by atoms with Crippen LogP contribution in [0.4, 0.5) is 0 Å². The first-order valence-electron chi connectivity index (χ1n) is 9.26. The van der Waals surface area contributed by atoms with Crippen LogP contribution in [-0.4, -0.2) is 44.9 Å². The standard InChI is InChI=1S/C21H18N4O3/c26-19(18-14-22-25(23-18)15-6-2-1-3-7-15)24-12-10-21(11-13-24)17-9-5-4-8-16(17)20(27)28-21/h1-9,14H,10-13H2. The molecule has 3 aromatic rings. The summed E-state index contributed by atoms with van der Waals surface area (Å²) < 4.78 is 5.75. The zero-order chi connectivity index (χ0) is 19.1. The van der Waals surface area contributed by atoms with E-state index in [-0.39, 0.29) is 11.9 Å². The van der Waals surface area contributed by atoms with Crippen LogP contribution in [0, 0.1) is 0 Å². The number of aromatic nitrogens is 3. The van der Waals surface area contributed by atoms with Gasteiger partial charge in [0.25, 0.3) is 5.91 Å². The van der Waals surface area contributed by atoms with Crippen LogP contribution < -0.4 is 0 Å². The van der Waals surface area contributed by atoms with E-state index in [0.29, 0.717) is 37.2 Å². The molecule has 0 aliphatic carbocycles. The number of ether oxygens (including phenoxy) is 1. The monoisotopic (exact) mass is 374 g/mol. The maximum absolute atomic E-state index is 12.9. The van der Waals surface area contributed by atoms with Gasteiger partial charge in [-0.25, -0.2) is 4.79 Å². The molecule has 1 amide bonds. The van der Waals surface area contributed by atoms with E-state index in [9.17, 15) is 9.59 Å². The Bertz CT molecular complexity index is 1050. The largest absolute Gasteiger partial charge is 0.450 e. The average Bonchev–Trinajstić information content (AvgIpc) is 3.34. The Morgan fingerprint density at radius 2 is 1.71 bits per heavy atom. The number of likely N-dealkylation sites (tertiary alicyclic amines) is 1. The molecule has 1 fully saturated rings. The third kappa shape index (κ3) is 2.58. The van der Waals surface area contributed by atoms with E-state index in [4.69, 9.17) is 4.74 Å². The van der Waals surface area contributed by atoms with E-state index in [1.165, 1.54) is 11.0 Å². The van der Waals surface area contributed by atoms with Gasteiger partial charge in [0, 0.05) is 31.5 Å². The minimum Gasteiger partial charge on any atom is -0.450 e. The lowest BCUT2D eigenvalue weighted by Gasteiger charge is -2.38. The summed E-state index contributed by atoms with van der Waals surface area (Å²) in [6.45, 7) is 0.997. The Kier molecular flexibility index (Phi) is 3.75. The SMILES string of the molecule is O=C1OC2(CCN(C(=O)c3cnn(-c4ccccc4)n3)CC2)c2ccccc21. The van der Waals surface area contributed by atoms with Crippen LogP contribution in [0.2, 0.25) is 0 Å². The van der Waals surface area contributed by atoms with Crippen molar-refractivity contribution in [2.24, 2.45) is 0 Å². The van der Waals surface area contributed by atoms with Crippen molar-refractivity contribution >= 4 is 11.9 Å². The second-order valence-electron chi connectivity index (χ2n) is 7.08. The van der Waals surface area contributed by atoms with E-state index >= 15 is 0 Å². The predicted octanol–water partition coefficient (Wildman–Crippen LogP) is 2.57. The molecule has 0 bridgehead atoms. The number of hydrogen-bond donors (Lipinski definition) is 0. The zero-order valence-corrected chi connectivity index (χ0v) is 15.1. The smallest absolute Gasteiger partial charge is 0.339 e. The molecule has 140 valence electrons. The number of benzene rings is 2. The molecule has 0 N–H and O–H groups in total. The Labute approximate surface area is 161 Å². The van der Waals surface area contributed by atoms with Crippen LogP contribution in [-0.2, 0) is 10.3 Å². The molecular formula is C21H18N4O3. The second kappa shape index (κ2) is 6.30. The Morgan fingerprint density at radius 1 is 1.00 bits per heavy atom. The summed E-state index contributed by atoms with van der Waals surface area (Å²) in [6, 6.07) is 17.0. The normalized spacial score (nSPS) is 17.4. The van der Waals surface area contributed by atoms with Crippen LogP contribution in [0.25, 0.3) is 5.69 Å². The Balaban J connectivity index is 1.32. The molecule has 1 saturated heterocycles. The lowest BCUT2D eigenvalue weighted by molar-refractivity contribution is -0.0390. The van der Waals surface area contributed by atoms with Crippen LogP contribution in [0.5, 0.6) is 0 Å². The van der Waals surface area contributed by atoms with E-state index in [1.807, 2.05) is 48.5 Å². The van der Waals surface area contributed by atoms with Gasteiger partial charge >= 0.3 is 5.97 Å². The van der Waals surface area contributed by atoms with Crippen LogP contribution in [0.3, 0.4) is 0 Å². The molecule has 0 atom stereocenters. The van der Waals surface area contributed by atoms with Crippen molar-refractivity contribution in [1.29, 1.82) is 0 Å². The minimum atomic E-state index is -0.619. The third-order valence-electron chi connectivity index (χ3n) is 5.48. The molecule has 3 heterocycles. The molecule has 0 saturated carbocycles. The quantitative estimate of drug-likeness (QED) is 0.645. The first-order valence-corrected chi connectivity index (χ1v) is 9.26. The van der Waals surface area contributed by atoms with Crippen LogP contribution >= 0.6 is 0 Å². The van der Waals surface area contributed by atoms with Gasteiger partial charge in [-0.3, -0.25) is 4.79 Å². The maximum atomic E-state index is 12.9.